The lowest BCUT2D eigenvalue weighted by atomic mass is 10.2. The molecule has 0 aliphatic carbocycles. The summed E-state index contributed by atoms with van der Waals surface area (Å²) in [4.78, 5) is 24.4. The molecular weight excluding hydrogens is 248 g/mol. The molecule has 1 aromatic rings. The zero-order valence-electron chi connectivity index (χ0n) is 10.2. The Hall–Kier alpha value is -2.24. The first-order valence-electron chi connectivity index (χ1n) is 6.15. The summed E-state index contributed by atoms with van der Waals surface area (Å²) >= 11 is 0. The molecule has 2 heterocycles. The molecule has 2 aliphatic heterocycles. The fourth-order valence-electron chi connectivity index (χ4n) is 2.31. The van der Waals surface area contributed by atoms with Crippen LogP contribution in [0, 0.1) is 0 Å². The summed E-state index contributed by atoms with van der Waals surface area (Å²) in [6.45, 7) is 1.07. The fourth-order valence-corrected chi connectivity index (χ4v) is 2.31. The first-order chi connectivity index (χ1) is 9.22. The van der Waals surface area contributed by atoms with E-state index in [-0.39, 0.29) is 24.8 Å². The minimum absolute atomic E-state index is 0.114. The van der Waals surface area contributed by atoms with E-state index in [0.717, 1.165) is 5.56 Å². The lowest BCUT2D eigenvalue weighted by Gasteiger charge is -2.16. The van der Waals surface area contributed by atoms with Gasteiger partial charge < -0.3 is 19.7 Å². The van der Waals surface area contributed by atoms with Gasteiger partial charge in [-0.2, -0.15) is 0 Å². The van der Waals surface area contributed by atoms with Crippen LogP contribution in [0.15, 0.2) is 30.3 Å². The highest BCUT2D eigenvalue weighted by Gasteiger charge is 2.43. The third-order valence-corrected chi connectivity index (χ3v) is 3.29. The van der Waals surface area contributed by atoms with Gasteiger partial charge in [0.2, 0.25) is 0 Å². The molecule has 6 heteroatoms. The van der Waals surface area contributed by atoms with Gasteiger partial charge in [0, 0.05) is 6.54 Å². The Balaban J connectivity index is 1.51. The molecule has 1 N–H and O–H groups in total. The minimum atomic E-state index is -0.410. The summed E-state index contributed by atoms with van der Waals surface area (Å²) in [5, 5.41) is 2.66. The maximum Gasteiger partial charge on any atom is 0.410 e. The van der Waals surface area contributed by atoms with Crippen molar-refractivity contribution in [3.63, 3.8) is 0 Å². The summed E-state index contributed by atoms with van der Waals surface area (Å²) in [5.74, 6) is 0. The van der Waals surface area contributed by atoms with Crippen LogP contribution in [0.25, 0.3) is 0 Å². The van der Waals surface area contributed by atoms with E-state index in [1.54, 1.807) is 4.90 Å². The molecule has 2 aliphatic rings. The van der Waals surface area contributed by atoms with Crippen molar-refractivity contribution in [2.45, 2.75) is 18.8 Å². The maximum absolute atomic E-state index is 11.9. The van der Waals surface area contributed by atoms with Crippen molar-refractivity contribution in [2.75, 3.05) is 13.1 Å². The van der Waals surface area contributed by atoms with Crippen molar-refractivity contribution in [3.05, 3.63) is 35.9 Å². The summed E-state index contributed by atoms with van der Waals surface area (Å²) in [6.07, 6.45) is -1.04. The Kier molecular flexibility index (Phi) is 2.98. The number of alkyl carbamates (subject to hydrolysis) is 1. The average molecular weight is 262 g/mol. The molecule has 2 fully saturated rings. The summed E-state index contributed by atoms with van der Waals surface area (Å²) < 4.78 is 10.3. The number of carbonyl (C=O) groups excluding carboxylic acids is 2. The molecule has 100 valence electrons. The number of rotatable bonds is 2. The van der Waals surface area contributed by atoms with Gasteiger partial charge in [-0.3, -0.25) is 0 Å². The van der Waals surface area contributed by atoms with Crippen LogP contribution in [0.1, 0.15) is 5.56 Å². The van der Waals surface area contributed by atoms with Gasteiger partial charge in [0.15, 0.2) is 0 Å². The van der Waals surface area contributed by atoms with Crippen molar-refractivity contribution in [3.8, 4) is 0 Å². The molecule has 19 heavy (non-hydrogen) atoms. The van der Waals surface area contributed by atoms with Crippen LogP contribution in [-0.2, 0) is 16.1 Å². The zero-order chi connectivity index (χ0) is 13.2. The second kappa shape index (κ2) is 4.79. The highest BCUT2D eigenvalue weighted by atomic mass is 16.6. The normalized spacial score (nSPS) is 24.6. The maximum atomic E-state index is 11.9. The van der Waals surface area contributed by atoms with Gasteiger partial charge >= 0.3 is 12.2 Å². The predicted molar refractivity (Wildman–Crippen MR) is 65.4 cm³/mol. The monoisotopic (exact) mass is 262 g/mol. The lowest BCUT2D eigenvalue weighted by Crippen LogP contribution is -2.35. The number of amides is 2. The molecule has 2 saturated heterocycles. The molecule has 2 amide bonds. The van der Waals surface area contributed by atoms with E-state index in [9.17, 15) is 9.59 Å². The zero-order valence-corrected chi connectivity index (χ0v) is 10.2. The number of fused-ring (bicyclic) bond motifs is 1. The van der Waals surface area contributed by atoms with E-state index < -0.39 is 6.09 Å². The molecule has 0 unspecified atom stereocenters. The number of nitrogens with zero attached hydrogens (tertiary/aromatic N) is 1. The first-order valence-corrected chi connectivity index (χ1v) is 6.15. The van der Waals surface area contributed by atoms with E-state index in [1.807, 2.05) is 30.3 Å². The lowest BCUT2D eigenvalue weighted by molar-refractivity contribution is 0.0918. The number of hydrogen-bond donors (Lipinski definition) is 1. The fraction of sp³-hybridized carbons (Fsp3) is 0.385. The van der Waals surface area contributed by atoms with Gasteiger partial charge in [0.1, 0.15) is 12.7 Å². The van der Waals surface area contributed by atoms with Gasteiger partial charge in [0.25, 0.3) is 0 Å². The number of benzene rings is 1. The van der Waals surface area contributed by atoms with Crippen molar-refractivity contribution < 1.29 is 19.1 Å². The van der Waals surface area contributed by atoms with Crippen molar-refractivity contribution in [2.24, 2.45) is 0 Å². The number of nitrogens with one attached hydrogen (secondary N) is 1. The number of hydrogen-bond acceptors (Lipinski definition) is 4. The molecule has 0 saturated carbocycles. The predicted octanol–water partition coefficient (Wildman–Crippen LogP) is 1.12. The standard InChI is InChI=1S/C13H14N2O4/c16-12-14-10-6-15(7-11(10)19-12)13(17)18-8-9-4-2-1-3-5-9/h1-5,10-11H,6-8H2,(H,14,16)/t10-,11+/m0/s1. The number of likely N-dealkylation sites (tertiary alicyclic amines) is 1. The van der Waals surface area contributed by atoms with E-state index in [2.05, 4.69) is 5.32 Å². The molecule has 3 rings (SSSR count). The molecule has 6 nitrogen and oxygen atoms in total. The van der Waals surface area contributed by atoms with Gasteiger partial charge in [-0.05, 0) is 5.56 Å². The van der Waals surface area contributed by atoms with Crippen LogP contribution >= 0.6 is 0 Å². The van der Waals surface area contributed by atoms with E-state index in [1.165, 1.54) is 0 Å². The van der Waals surface area contributed by atoms with Crippen LogP contribution < -0.4 is 5.32 Å². The van der Waals surface area contributed by atoms with E-state index >= 15 is 0 Å². The van der Waals surface area contributed by atoms with Gasteiger partial charge in [-0.1, -0.05) is 30.3 Å². The Morgan fingerprint density at radius 2 is 2.16 bits per heavy atom. The smallest absolute Gasteiger partial charge is 0.410 e. The van der Waals surface area contributed by atoms with Crippen LogP contribution in [0.5, 0.6) is 0 Å². The van der Waals surface area contributed by atoms with Crippen molar-refractivity contribution >= 4 is 12.2 Å². The van der Waals surface area contributed by atoms with E-state index in [4.69, 9.17) is 9.47 Å². The molecular formula is C13H14N2O4. The average Bonchev–Trinajstić information content (AvgIpc) is 2.94. The van der Waals surface area contributed by atoms with Crippen molar-refractivity contribution in [1.82, 2.24) is 10.2 Å². The molecule has 0 spiro atoms. The second-order valence-electron chi connectivity index (χ2n) is 4.64. The molecule has 0 bridgehead atoms. The highest BCUT2D eigenvalue weighted by Crippen LogP contribution is 2.19. The van der Waals surface area contributed by atoms with Crippen LogP contribution in [0.3, 0.4) is 0 Å². The SMILES string of the molecule is O=C1N[C@H]2CN(C(=O)OCc3ccccc3)C[C@H]2O1. The highest BCUT2D eigenvalue weighted by molar-refractivity contribution is 5.73. The first kappa shape index (κ1) is 11.8. The second-order valence-corrected chi connectivity index (χ2v) is 4.64. The topological polar surface area (TPSA) is 67.9 Å². The quantitative estimate of drug-likeness (QED) is 0.867. The molecule has 0 radical (unpaired) electrons. The summed E-state index contributed by atoms with van der Waals surface area (Å²) in [5.41, 5.74) is 0.944. The summed E-state index contributed by atoms with van der Waals surface area (Å²) in [6, 6.07) is 9.38. The van der Waals surface area contributed by atoms with Crippen LogP contribution in [0.2, 0.25) is 0 Å². The van der Waals surface area contributed by atoms with Gasteiger partial charge in [-0.25, -0.2) is 9.59 Å². The van der Waals surface area contributed by atoms with E-state index in [0.29, 0.717) is 13.1 Å². The Bertz CT molecular complexity index is 475. The third-order valence-electron chi connectivity index (χ3n) is 3.29. The third kappa shape index (κ3) is 2.47. The van der Waals surface area contributed by atoms with Gasteiger partial charge in [0.05, 0.1) is 12.6 Å². The summed E-state index contributed by atoms with van der Waals surface area (Å²) in [7, 11) is 0. The number of ether oxygens (including phenoxy) is 2. The molecule has 2 atom stereocenters. The van der Waals surface area contributed by atoms with Crippen LogP contribution in [0.4, 0.5) is 9.59 Å². The molecule has 0 aromatic heterocycles. The minimum Gasteiger partial charge on any atom is -0.445 e. The van der Waals surface area contributed by atoms with Crippen molar-refractivity contribution in [1.29, 1.82) is 0 Å². The largest absolute Gasteiger partial charge is 0.445 e. The Labute approximate surface area is 110 Å². The number of carbonyl (C=O) groups is 2. The Morgan fingerprint density at radius 3 is 2.89 bits per heavy atom. The van der Waals surface area contributed by atoms with Crippen LogP contribution in [-0.4, -0.2) is 42.3 Å². The molecule has 1 aromatic carbocycles. The Morgan fingerprint density at radius 1 is 1.37 bits per heavy atom. The van der Waals surface area contributed by atoms with Gasteiger partial charge in [-0.15, -0.1) is 0 Å².